The van der Waals surface area contributed by atoms with E-state index in [2.05, 4.69) is 5.32 Å². The monoisotopic (exact) mass is 525 g/mol. The van der Waals surface area contributed by atoms with Crippen LogP contribution >= 0.6 is 11.6 Å². The third-order valence-electron chi connectivity index (χ3n) is 5.31. The fourth-order valence-electron chi connectivity index (χ4n) is 3.63. The molecule has 35 heavy (non-hydrogen) atoms. The van der Waals surface area contributed by atoms with Gasteiger partial charge in [0, 0.05) is 18.1 Å². The zero-order valence-corrected chi connectivity index (χ0v) is 22.1. The Morgan fingerprint density at radius 2 is 1.80 bits per heavy atom. The van der Waals surface area contributed by atoms with Crippen LogP contribution in [0.2, 0.25) is 5.02 Å². The molecule has 11 heteroatoms. The molecule has 0 aliphatic carbocycles. The van der Waals surface area contributed by atoms with E-state index < -0.39 is 28.5 Å². The molecule has 1 atom stereocenters. The Morgan fingerprint density at radius 1 is 1.09 bits per heavy atom. The molecule has 0 spiro atoms. The lowest BCUT2D eigenvalue weighted by Crippen LogP contribution is -2.52. The van der Waals surface area contributed by atoms with Gasteiger partial charge in [0.05, 0.1) is 26.2 Å². The molecule has 1 unspecified atom stereocenters. The van der Waals surface area contributed by atoms with E-state index in [1.54, 1.807) is 38.1 Å². The van der Waals surface area contributed by atoms with E-state index in [9.17, 15) is 18.0 Å². The predicted molar refractivity (Wildman–Crippen MR) is 137 cm³/mol. The third-order valence-corrected chi connectivity index (χ3v) is 6.67. The van der Waals surface area contributed by atoms with E-state index in [4.69, 9.17) is 21.1 Å². The highest BCUT2D eigenvalue weighted by atomic mass is 35.5. The summed E-state index contributed by atoms with van der Waals surface area (Å²) >= 11 is 6.11. The maximum absolute atomic E-state index is 13.7. The summed E-state index contributed by atoms with van der Waals surface area (Å²) in [4.78, 5) is 27.9. The number of ether oxygens (including phenoxy) is 2. The van der Waals surface area contributed by atoms with Gasteiger partial charge in [-0.15, -0.1) is 0 Å². The Morgan fingerprint density at radius 3 is 2.37 bits per heavy atom. The Balaban J connectivity index is 2.51. The molecule has 0 aliphatic rings. The predicted octanol–water partition coefficient (Wildman–Crippen LogP) is 3.07. The second-order valence-electron chi connectivity index (χ2n) is 7.78. The van der Waals surface area contributed by atoms with Crippen molar-refractivity contribution >= 4 is 39.1 Å². The molecular weight excluding hydrogens is 494 g/mol. The van der Waals surface area contributed by atoms with Gasteiger partial charge in [-0.2, -0.15) is 0 Å². The molecular formula is C24H32ClN3O6S. The van der Waals surface area contributed by atoms with Crippen molar-refractivity contribution in [2.75, 3.05) is 37.9 Å². The van der Waals surface area contributed by atoms with Gasteiger partial charge >= 0.3 is 0 Å². The lowest BCUT2D eigenvalue weighted by molar-refractivity contribution is -0.140. The number of amides is 2. The number of hydrogen-bond acceptors (Lipinski definition) is 6. The summed E-state index contributed by atoms with van der Waals surface area (Å²) in [5.74, 6) is -0.0408. The molecule has 0 saturated heterocycles. The van der Waals surface area contributed by atoms with Gasteiger partial charge in [0.2, 0.25) is 21.8 Å². The molecule has 0 aliphatic heterocycles. The van der Waals surface area contributed by atoms with Crippen LogP contribution in [0.25, 0.3) is 0 Å². The summed E-state index contributed by atoms with van der Waals surface area (Å²) in [6.07, 6.45) is 1.33. The molecule has 0 saturated carbocycles. The van der Waals surface area contributed by atoms with Crippen molar-refractivity contribution in [1.29, 1.82) is 0 Å². The number of nitrogens with zero attached hydrogens (tertiary/aromatic N) is 2. The van der Waals surface area contributed by atoms with Gasteiger partial charge in [-0.1, -0.05) is 30.7 Å². The highest BCUT2D eigenvalue weighted by Crippen LogP contribution is 2.33. The van der Waals surface area contributed by atoms with E-state index in [1.807, 2.05) is 6.07 Å². The summed E-state index contributed by atoms with van der Waals surface area (Å²) in [7, 11) is -0.985. The van der Waals surface area contributed by atoms with Crippen LogP contribution < -0.4 is 19.1 Å². The SMILES string of the molecule is CCNC(=O)C(CC)N(Cc1cccc(OC)c1)C(=O)CN(c1cc(Cl)ccc1OC)S(C)(=O)=O. The zero-order valence-electron chi connectivity index (χ0n) is 20.6. The molecule has 192 valence electrons. The van der Waals surface area contributed by atoms with Crippen LogP contribution in [0.4, 0.5) is 5.69 Å². The normalized spacial score (nSPS) is 11.9. The molecule has 0 fully saturated rings. The van der Waals surface area contributed by atoms with Gasteiger partial charge in [-0.05, 0) is 49.2 Å². The fraction of sp³-hybridized carbons (Fsp3) is 0.417. The minimum atomic E-state index is -3.92. The highest BCUT2D eigenvalue weighted by Gasteiger charge is 2.32. The van der Waals surface area contributed by atoms with Crippen molar-refractivity contribution in [2.45, 2.75) is 32.9 Å². The van der Waals surface area contributed by atoms with Crippen molar-refractivity contribution in [3.05, 3.63) is 53.1 Å². The number of methoxy groups -OCH3 is 2. The number of anilines is 1. The lowest BCUT2D eigenvalue weighted by atomic mass is 10.1. The lowest BCUT2D eigenvalue weighted by Gasteiger charge is -2.33. The van der Waals surface area contributed by atoms with Crippen molar-refractivity contribution in [3.63, 3.8) is 0 Å². The number of hydrogen-bond donors (Lipinski definition) is 1. The van der Waals surface area contributed by atoms with Crippen LogP contribution in [0, 0.1) is 0 Å². The van der Waals surface area contributed by atoms with Crippen LogP contribution in [-0.2, 0) is 26.2 Å². The Labute approximate surface area is 212 Å². The first-order chi connectivity index (χ1) is 16.5. The van der Waals surface area contributed by atoms with Gasteiger partial charge < -0.3 is 19.7 Å². The van der Waals surface area contributed by atoms with Gasteiger partial charge in [-0.25, -0.2) is 8.42 Å². The summed E-state index contributed by atoms with van der Waals surface area (Å²) in [6.45, 7) is 3.51. The molecule has 0 aromatic heterocycles. The summed E-state index contributed by atoms with van der Waals surface area (Å²) in [5, 5.41) is 3.04. The summed E-state index contributed by atoms with van der Waals surface area (Å²) in [5.41, 5.74) is 0.856. The van der Waals surface area contributed by atoms with Crippen LogP contribution in [-0.4, -0.2) is 64.7 Å². The highest BCUT2D eigenvalue weighted by molar-refractivity contribution is 7.92. The molecule has 2 aromatic carbocycles. The van der Waals surface area contributed by atoms with Crippen molar-refractivity contribution in [1.82, 2.24) is 10.2 Å². The largest absolute Gasteiger partial charge is 0.497 e. The number of carbonyl (C=O) groups is 2. The maximum atomic E-state index is 13.7. The smallest absolute Gasteiger partial charge is 0.244 e. The Bertz CT molecular complexity index is 1140. The van der Waals surface area contributed by atoms with Crippen molar-refractivity contribution in [3.8, 4) is 11.5 Å². The second kappa shape index (κ2) is 12.6. The number of carbonyl (C=O) groups excluding carboxylic acids is 2. The average molecular weight is 526 g/mol. The number of likely N-dealkylation sites (N-methyl/N-ethyl adjacent to an activating group) is 1. The van der Waals surface area contributed by atoms with E-state index in [1.165, 1.54) is 31.3 Å². The number of nitrogens with one attached hydrogen (secondary N) is 1. The van der Waals surface area contributed by atoms with Crippen LogP contribution in [0.1, 0.15) is 25.8 Å². The quantitative estimate of drug-likeness (QED) is 0.456. The standard InChI is InChI=1S/C24H32ClN3O6S/c1-6-20(24(30)26-7-2)27(15-17-9-8-10-19(13-17)33-3)23(29)16-28(35(5,31)32)21-14-18(25)11-12-22(21)34-4/h8-14,20H,6-7,15-16H2,1-5H3,(H,26,30). The molecule has 0 heterocycles. The van der Waals surface area contributed by atoms with Crippen molar-refractivity contribution in [2.24, 2.45) is 0 Å². The minimum Gasteiger partial charge on any atom is -0.497 e. The van der Waals surface area contributed by atoms with E-state index in [0.29, 0.717) is 18.7 Å². The Hall–Kier alpha value is -2.98. The van der Waals surface area contributed by atoms with Crippen LogP contribution in [0.5, 0.6) is 11.5 Å². The maximum Gasteiger partial charge on any atom is 0.244 e. The average Bonchev–Trinajstić information content (AvgIpc) is 2.81. The second-order valence-corrected chi connectivity index (χ2v) is 10.1. The summed E-state index contributed by atoms with van der Waals surface area (Å²) < 4.78 is 37.0. The van der Waals surface area contributed by atoms with Gasteiger partial charge in [0.15, 0.2) is 0 Å². The zero-order chi connectivity index (χ0) is 26.2. The van der Waals surface area contributed by atoms with Gasteiger partial charge in [0.25, 0.3) is 0 Å². The fourth-order valence-corrected chi connectivity index (χ4v) is 4.64. The first-order valence-corrected chi connectivity index (χ1v) is 13.3. The Kier molecular flexibility index (Phi) is 10.2. The minimum absolute atomic E-state index is 0.0793. The molecule has 0 bridgehead atoms. The van der Waals surface area contributed by atoms with Crippen molar-refractivity contribution < 1.29 is 27.5 Å². The van der Waals surface area contributed by atoms with Gasteiger partial charge in [-0.3, -0.25) is 13.9 Å². The molecule has 0 radical (unpaired) electrons. The molecule has 2 aromatic rings. The first-order valence-electron chi connectivity index (χ1n) is 11.1. The molecule has 2 rings (SSSR count). The molecule has 1 N–H and O–H groups in total. The van der Waals surface area contributed by atoms with E-state index in [-0.39, 0.29) is 28.9 Å². The molecule has 9 nitrogen and oxygen atoms in total. The van der Waals surface area contributed by atoms with Crippen LogP contribution in [0.15, 0.2) is 42.5 Å². The van der Waals surface area contributed by atoms with Gasteiger partial charge in [0.1, 0.15) is 24.1 Å². The topological polar surface area (TPSA) is 105 Å². The number of halogens is 1. The number of rotatable bonds is 12. The number of sulfonamides is 1. The number of benzene rings is 2. The third kappa shape index (κ3) is 7.50. The summed E-state index contributed by atoms with van der Waals surface area (Å²) in [6, 6.07) is 10.8. The van der Waals surface area contributed by atoms with E-state index in [0.717, 1.165) is 16.1 Å². The first kappa shape index (κ1) is 28.3. The van der Waals surface area contributed by atoms with Crippen LogP contribution in [0.3, 0.4) is 0 Å². The molecule has 2 amide bonds. The van der Waals surface area contributed by atoms with E-state index >= 15 is 0 Å².